The number of rotatable bonds is 2. The number of amides is 2. The topological polar surface area (TPSA) is 58.4 Å². The van der Waals surface area contributed by atoms with E-state index in [4.69, 9.17) is 4.52 Å². The Labute approximate surface area is 119 Å². The molecule has 1 atom stereocenters. The lowest BCUT2D eigenvalue weighted by Crippen LogP contribution is -2.43. The van der Waals surface area contributed by atoms with Crippen molar-refractivity contribution in [1.82, 2.24) is 10.1 Å². The molecule has 1 aliphatic carbocycles. The molecule has 1 saturated heterocycles. The molecule has 1 N–H and O–H groups in total. The van der Waals surface area contributed by atoms with E-state index in [0.29, 0.717) is 23.5 Å². The molecule has 110 valence electrons. The summed E-state index contributed by atoms with van der Waals surface area (Å²) in [5.74, 6) is 1.92. The molecule has 0 spiro atoms. The fourth-order valence-electron chi connectivity index (χ4n) is 3.66. The van der Waals surface area contributed by atoms with E-state index in [1.807, 2.05) is 11.8 Å². The van der Waals surface area contributed by atoms with E-state index in [0.717, 1.165) is 19.4 Å². The molecule has 0 bridgehead atoms. The Morgan fingerprint density at radius 3 is 2.80 bits per heavy atom. The Balaban J connectivity index is 1.63. The van der Waals surface area contributed by atoms with E-state index in [9.17, 15) is 4.79 Å². The number of hydrogen-bond donors (Lipinski definition) is 1. The maximum atomic E-state index is 12.4. The average Bonchev–Trinajstić information content (AvgIpc) is 3.09. The van der Waals surface area contributed by atoms with Crippen LogP contribution in [-0.2, 0) is 0 Å². The summed E-state index contributed by atoms with van der Waals surface area (Å²) < 4.78 is 4.99. The van der Waals surface area contributed by atoms with E-state index in [2.05, 4.69) is 10.5 Å². The third kappa shape index (κ3) is 2.81. The Morgan fingerprint density at radius 1 is 1.30 bits per heavy atom. The van der Waals surface area contributed by atoms with Gasteiger partial charge in [0.2, 0.25) is 0 Å². The summed E-state index contributed by atoms with van der Waals surface area (Å²) in [6.07, 6.45) is 8.81. The first-order valence-electron chi connectivity index (χ1n) is 7.75. The van der Waals surface area contributed by atoms with Crippen molar-refractivity contribution in [2.24, 2.45) is 5.92 Å². The molecule has 1 aromatic heterocycles. The van der Waals surface area contributed by atoms with Crippen LogP contribution in [0, 0.1) is 12.8 Å². The van der Waals surface area contributed by atoms with Gasteiger partial charge in [0.15, 0.2) is 5.82 Å². The van der Waals surface area contributed by atoms with Crippen LogP contribution in [0.15, 0.2) is 10.6 Å². The van der Waals surface area contributed by atoms with E-state index >= 15 is 0 Å². The number of likely N-dealkylation sites (tertiary alicyclic amines) is 1. The van der Waals surface area contributed by atoms with Crippen LogP contribution in [0.5, 0.6) is 0 Å². The molecule has 2 amide bonds. The highest BCUT2D eigenvalue weighted by Gasteiger charge is 2.35. The molecule has 0 aromatic carbocycles. The predicted octanol–water partition coefficient (Wildman–Crippen LogP) is 3.56. The monoisotopic (exact) mass is 277 g/mol. The number of aromatic nitrogens is 1. The van der Waals surface area contributed by atoms with Gasteiger partial charge in [0.05, 0.1) is 0 Å². The SMILES string of the molecule is Cc1cc(NC(=O)N2CCCC2C2CCCCC2)no1. The lowest BCUT2D eigenvalue weighted by molar-refractivity contribution is 0.166. The van der Waals surface area contributed by atoms with E-state index in [1.165, 1.54) is 32.1 Å². The van der Waals surface area contributed by atoms with Crippen molar-refractivity contribution in [2.45, 2.75) is 57.9 Å². The molecule has 1 aromatic rings. The lowest BCUT2D eigenvalue weighted by atomic mass is 9.83. The van der Waals surface area contributed by atoms with Gasteiger partial charge >= 0.3 is 6.03 Å². The molecular formula is C15H23N3O2. The summed E-state index contributed by atoms with van der Waals surface area (Å²) in [5, 5.41) is 6.69. The third-order valence-corrected chi connectivity index (χ3v) is 4.62. The zero-order valence-electron chi connectivity index (χ0n) is 12.1. The summed E-state index contributed by atoms with van der Waals surface area (Å²) in [6, 6.07) is 2.15. The van der Waals surface area contributed by atoms with Crippen molar-refractivity contribution >= 4 is 11.8 Å². The average molecular weight is 277 g/mol. The van der Waals surface area contributed by atoms with Crippen LogP contribution in [0.1, 0.15) is 50.7 Å². The summed E-state index contributed by atoms with van der Waals surface area (Å²) >= 11 is 0. The van der Waals surface area contributed by atoms with Gasteiger partial charge in [-0.15, -0.1) is 0 Å². The molecule has 5 heteroatoms. The molecular weight excluding hydrogens is 254 g/mol. The van der Waals surface area contributed by atoms with E-state index < -0.39 is 0 Å². The zero-order chi connectivity index (χ0) is 13.9. The smallest absolute Gasteiger partial charge is 0.323 e. The first-order valence-corrected chi connectivity index (χ1v) is 7.75. The number of carbonyl (C=O) groups excluding carboxylic acids is 1. The van der Waals surface area contributed by atoms with Gasteiger partial charge in [-0.25, -0.2) is 4.79 Å². The summed E-state index contributed by atoms with van der Waals surface area (Å²) in [7, 11) is 0. The van der Waals surface area contributed by atoms with Crippen LogP contribution >= 0.6 is 0 Å². The van der Waals surface area contributed by atoms with Crippen molar-refractivity contribution in [3.63, 3.8) is 0 Å². The van der Waals surface area contributed by atoms with Crippen LogP contribution in [0.3, 0.4) is 0 Å². The second kappa shape index (κ2) is 5.85. The van der Waals surface area contributed by atoms with E-state index in [1.54, 1.807) is 6.07 Å². The van der Waals surface area contributed by atoms with Crippen molar-refractivity contribution in [3.05, 3.63) is 11.8 Å². The summed E-state index contributed by atoms with van der Waals surface area (Å²) in [6.45, 7) is 2.69. The molecule has 3 rings (SSSR count). The van der Waals surface area contributed by atoms with Gasteiger partial charge in [0.25, 0.3) is 0 Å². The minimum atomic E-state index is -0.0219. The molecule has 5 nitrogen and oxygen atoms in total. The Morgan fingerprint density at radius 2 is 2.10 bits per heavy atom. The predicted molar refractivity (Wildman–Crippen MR) is 76.6 cm³/mol. The number of nitrogens with one attached hydrogen (secondary N) is 1. The molecule has 1 aliphatic heterocycles. The quantitative estimate of drug-likeness (QED) is 0.899. The number of nitrogens with zero attached hydrogens (tertiary/aromatic N) is 2. The van der Waals surface area contributed by atoms with Gasteiger partial charge in [-0.3, -0.25) is 5.32 Å². The minimum absolute atomic E-state index is 0.0219. The van der Waals surface area contributed by atoms with Crippen LogP contribution in [0.2, 0.25) is 0 Å². The first-order chi connectivity index (χ1) is 9.74. The van der Waals surface area contributed by atoms with Crippen molar-refractivity contribution in [3.8, 4) is 0 Å². The Bertz CT molecular complexity index is 465. The molecule has 2 heterocycles. The normalized spacial score (nSPS) is 24.1. The van der Waals surface area contributed by atoms with Gasteiger partial charge in [-0.2, -0.15) is 0 Å². The molecule has 1 unspecified atom stereocenters. The third-order valence-electron chi connectivity index (χ3n) is 4.62. The molecule has 1 saturated carbocycles. The first kappa shape index (κ1) is 13.5. The fourth-order valence-corrected chi connectivity index (χ4v) is 3.66. The fraction of sp³-hybridized carbons (Fsp3) is 0.733. The maximum absolute atomic E-state index is 12.4. The highest BCUT2D eigenvalue weighted by Crippen LogP contribution is 2.34. The molecule has 20 heavy (non-hydrogen) atoms. The van der Waals surface area contributed by atoms with Crippen LogP contribution in [0.4, 0.5) is 10.6 Å². The van der Waals surface area contributed by atoms with Gasteiger partial charge in [0, 0.05) is 18.7 Å². The minimum Gasteiger partial charge on any atom is -0.360 e. The lowest BCUT2D eigenvalue weighted by Gasteiger charge is -2.33. The zero-order valence-corrected chi connectivity index (χ0v) is 12.1. The number of anilines is 1. The summed E-state index contributed by atoms with van der Waals surface area (Å²) in [4.78, 5) is 14.4. The number of aryl methyl sites for hydroxylation is 1. The van der Waals surface area contributed by atoms with Gasteiger partial charge in [-0.05, 0) is 38.5 Å². The second-order valence-electron chi connectivity index (χ2n) is 6.05. The number of urea groups is 1. The van der Waals surface area contributed by atoms with Crippen LogP contribution in [0.25, 0.3) is 0 Å². The standard InChI is InChI=1S/C15H23N3O2/c1-11-10-14(17-20-11)16-15(19)18-9-5-8-13(18)12-6-3-2-4-7-12/h10,12-13H,2-9H2,1H3,(H,16,17,19). The van der Waals surface area contributed by atoms with Crippen molar-refractivity contribution in [2.75, 3.05) is 11.9 Å². The molecule has 2 fully saturated rings. The maximum Gasteiger partial charge on any atom is 0.323 e. The van der Waals surface area contributed by atoms with Crippen molar-refractivity contribution < 1.29 is 9.32 Å². The highest BCUT2D eigenvalue weighted by molar-refractivity contribution is 5.88. The molecule has 0 radical (unpaired) electrons. The Hall–Kier alpha value is -1.52. The number of carbonyl (C=O) groups is 1. The van der Waals surface area contributed by atoms with Gasteiger partial charge in [0.1, 0.15) is 5.76 Å². The van der Waals surface area contributed by atoms with Gasteiger partial charge in [-0.1, -0.05) is 24.4 Å². The summed E-state index contributed by atoms with van der Waals surface area (Å²) in [5.41, 5.74) is 0. The second-order valence-corrected chi connectivity index (χ2v) is 6.05. The highest BCUT2D eigenvalue weighted by atomic mass is 16.5. The van der Waals surface area contributed by atoms with Crippen LogP contribution < -0.4 is 5.32 Å². The van der Waals surface area contributed by atoms with Crippen molar-refractivity contribution in [1.29, 1.82) is 0 Å². The largest absolute Gasteiger partial charge is 0.360 e. The Kier molecular flexibility index (Phi) is 3.94. The van der Waals surface area contributed by atoms with Gasteiger partial charge < -0.3 is 9.42 Å². The molecule has 2 aliphatic rings. The van der Waals surface area contributed by atoms with Crippen LogP contribution in [-0.4, -0.2) is 28.7 Å². The number of hydrogen-bond acceptors (Lipinski definition) is 3. The van der Waals surface area contributed by atoms with E-state index in [-0.39, 0.29) is 6.03 Å².